The minimum Gasteiger partial charge on any atom is -0.457 e. The molecule has 2 aromatic rings. The summed E-state index contributed by atoms with van der Waals surface area (Å²) in [6, 6.07) is 10.2. The maximum absolute atomic E-state index is 12.1. The molecule has 0 fully saturated rings. The van der Waals surface area contributed by atoms with Crippen molar-refractivity contribution in [1.29, 1.82) is 0 Å². The van der Waals surface area contributed by atoms with Crippen LogP contribution in [0.15, 0.2) is 47.1 Å². The predicted molar refractivity (Wildman–Crippen MR) is 69.1 cm³/mol. The number of furan rings is 1. The van der Waals surface area contributed by atoms with Crippen molar-refractivity contribution in [1.82, 2.24) is 0 Å². The largest absolute Gasteiger partial charge is 0.457 e. The zero-order valence-electron chi connectivity index (χ0n) is 10.8. The highest BCUT2D eigenvalue weighted by molar-refractivity contribution is 6.01. The maximum atomic E-state index is 12.1. The Kier molecular flexibility index (Phi) is 3.80. The highest BCUT2D eigenvalue weighted by Crippen LogP contribution is 2.11. The number of hydrogen-bond acceptors (Lipinski definition) is 4. The van der Waals surface area contributed by atoms with Crippen molar-refractivity contribution >= 4 is 11.8 Å². The van der Waals surface area contributed by atoms with E-state index < -0.39 is 12.1 Å². The van der Waals surface area contributed by atoms with E-state index in [1.807, 2.05) is 19.1 Å². The van der Waals surface area contributed by atoms with Crippen LogP contribution < -0.4 is 0 Å². The Balaban J connectivity index is 2.03. The topological polar surface area (TPSA) is 56.5 Å². The van der Waals surface area contributed by atoms with Gasteiger partial charge in [0, 0.05) is 5.56 Å². The lowest BCUT2D eigenvalue weighted by atomic mass is 10.1. The summed E-state index contributed by atoms with van der Waals surface area (Å²) in [7, 11) is 0. The van der Waals surface area contributed by atoms with Gasteiger partial charge in [0.05, 0.1) is 6.26 Å². The van der Waals surface area contributed by atoms with Crippen LogP contribution in [0.5, 0.6) is 0 Å². The molecule has 0 aliphatic heterocycles. The summed E-state index contributed by atoms with van der Waals surface area (Å²) < 4.78 is 9.97. The molecule has 0 bridgehead atoms. The number of aryl methyl sites for hydroxylation is 1. The summed E-state index contributed by atoms with van der Waals surface area (Å²) in [6.45, 7) is 3.48. The first-order valence-electron chi connectivity index (χ1n) is 5.93. The van der Waals surface area contributed by atoms with Crippen LogP contribution in [0.2, 0.25) is 0 Å². The fourth-order valence-corrected chi connectivity index (χ4v) is 1.62. The van der Waals surface area contributed by atoms with E-state index in [1.165, 1.54) is 12.3 Å². The number of hydrogen-bond donors (Lipinski definition) is 0. The van der Waals surface area contributed by atoms with Crippen LogP contribution in [0.1, 0.15) is 33.4 Å². The van der Waals surface area contributed by atoms with Gasteiger partial charge in [0.2, 0.25) is 11.5 Å². The van der Waals surface area contributed by atoms with E-state index in [2.05, 4.69) is 0 Å². The Labute approximate surface area is 111 Å². The number of carbonyl (C=O) groups excluding carboxylic acids is 2. The minimum atomic E-state index is -0.847. The van der Waals surface area contributed by atoms with Gasteiger partial charge in [-0.25, -0.2) is 4.79 Å². The van der Waals surface area contributed by atoms with E-state index >= 15 is 0 Å². The number of rotatable bonds is 4. The number of Topliss-reactive ketones (excluding diaryl/α,β-unsaturated/α-hetero) is 1. The van der Waals surface area contributed by atoms with Crippen LogP contribution in [0.3, 0.4) is 0 Å². The van der Waals surface area contributed by atoms with E-state index in [1.54, 1.807) is 25.1 Å². The smallest absolute Gasteiger partial charge is 0.374 e. The van der Waals surface area contributed by atoms with Crippen molar-refractivity contribution in [2.24, 2.45) is 0 Å². The van der Waals surface area contributed by atoms with Gasteiger partial charge in [0.1, 0.15) is 0 Å². The van der Waals surface area contributed by atoms with E-state index in [0.29, 0.717) is 5.56 Å². The summed E-state index contributed by atoms with van der Waals surface area (Å²) in [5.74, 6) is -0.790. The Bertz CT molecular complexity index is 567. The molecule has 0 amide bonds. The summed E-state index contributed by atoms with van der Waals surface area (Å²) >= 11 is 0. The van der Waals surface area contributed by atoms with Crippen LogP contribution in [0, 0.1) is 6.92 Å². The average molecular weight is 258 g/mol. The number of esters is 1. The number of carbonyl (C=O) groups is 2. The third-order valence-electron chi connectivity index (χ3n) is 2.71. The number of ether oxygens (including phenoxy) is 1. The van der Waals surface area contributed by atoms with Gasteiger partial charge in [-0.2, -0.15) is 0 Å². The SMILES string of the molecule is Cc1ccc(C(=O)[C@H](C)OC(=O)c2ccco2)cc1. The van der Waals surface area contributed by atoms with Crippen LogP contribution in [0.4, 0.5) is 0 Å². The Hall–Kier alpha value is -2.36. The zero-order chi connectivity index (χ0) is 13.8. The first-order valence-corrected chi connectivity index (χ1v) is 5.93. The molecule has 2 rings (SSSR count). The second-order valence-electron chi connectivity index (χ2n) is 4.26. The number of ketones is 1. The van der Waals surface area contributed by atoms with E-state index in [9.17, 15) is 9.59 Å². The molecule has 0 saturated carbocycles. The monoisotopic (exact) mass is 258 g/mol. The van der Waals surface area contributed by atoms with Gasteiger partial charge in [0.15, 0.2) is 6.10 Å². The van der Waals surface area contributed by atoms with E-state index in [4.69, 9.17) is 9.15 Å². The molecule has 0 aliphatic carbocycles. The maximum Gasteiger partial charge on any atom is 0.374 e. The molecule has 19 heavy (non-hydrogen) atoms. The summed E-state index contributed by atoms with van der Waals surface area (Å²) in [4.78, 5) is 23.7. The van der Waals surface area contributed by atoms with Gasteiger partial charge in [-0.1, -0.05) is 29.8 Å². The van der Waals surface area contributed by atoms with Crippen molar-refractivity contribution in [3.8, 4) is 0 Å². The molecule has 0 spiro atoms. The van der Waals surface area contributed by atoms with Gasteiger partial charge < -0.3 is 9.15 Å². The Morgan fingerprint density at radius 1 is 1.16 bits per heavy atom. The molecule has 4 nitrogen and oxygen atoms in total. The first kappa shape index (κ1) is 13.1. The molecular formula is C15H14O4. The highest BCUT2D eigenvalue weighted by atomic mass is 16.6. The van der Waals surface area contributed by atoms with Crippen molar-refractivity contribution in [2.45, 2.75) is 20.0 Å². The van der Waals surface area contributed by atoms with Gasteiger partial charge in [-0.15, -0.1) is 0 Å². The normalized spacial score (nSPS) is 11.9. The van der Waals surface area contributed by atoms with Crippen LogP contribution in [-0.4, -0.2) is 17.9 Å². The molecular weight excluding hydrogens is 244 g/mol. The summed E-state index contributed by atoms with van der Waals surface area (Å²) in [5.41, 5.74) is 1.59. The molecule has 98 valence electrons. The Morgan fingerprint density at radius 3 is 2.42 bits per heavy atom. The van der Waals surface area contributed by atoms with Crippen molar-refractivity contribution in [2.75, 3.05) is 0 Å². The molecule has 0 N–H and O–H groups in total. The lowest BCUT2D eigenvalue weighted by molar-refractivity contribution is 0.0289. The van der Waals surface area contributed by atoms with Crippen LogP contribution in [0.25, 0.3) is 0 Å². The highest BCUT2D eigenvalue weighted by Gasteiger charge is 2.21. The molecule has 0 aliphatic rings. The van der Waals surface area contributed by atoms with Crippen LogP contribution in [-0.2, 0) is 4.74 Å². The lowest BCUT2D eigenvalue weighted by Gasteiger charge is -2.11. The van der Waals surface area contributed by atoms with E-state index in [0.717, 1.165) is 5.56 Å². The van der Waals surface area contributed by atoms with Crippen molar-refractivity contribution in [3.05, 3.63) is 59.5 Å². The van der Waals surface area contributed by atoms with Crippen molar-refractivity contribution in [3.63, 3.8) is 0 Å². The fraction of sp³-hybridized carbons (Fsp3) is 0.200. The third kappa shape index (κ3) is 3.10. The molecule has 0 radical (unpaired) electrons. The quantitative estimate of drug-likeness (QED) is 0.624. The van der Waals surface area contributed by atoms with Gasteiger partial charge in [-0.05, 0) is 26.0 Å². The molecule has 1 aromatic heterocycles. The number of benzene rings is 1. The van der Waals surface area contributed by atoms with Crippen LogP contribution >= 0.6 is 0 Å². The zero-order valence-corrected chi connectivity index (χ0v) is 10.8. The molecule has 0 unspecified atom stereocenters. The molecule has 1 heterocycles. The van der Waals surface area contributed by atoms with Gasteiger partial charge >= 0.3 is 5.97 Å². The lowest BCUT2D eigenvalue weighted by Crippen LogP contribution is -2.24. The Morgan fingerprint density at radius 2 is 1.84 bits per heavy atom. The third-order valence-corrected chi connectivity index (χ3v) is 2.71. The second-order valence-corrected chi connectivity index (χ2v) is 4.26. The average Bonchev–Trinajstić information content (AvgIpc) is 2.92. The van der Waals surface area contributed by atoms with Gasteiger partial charge in [-0.3, -0.25) is 4.79 Å². The minimum absolute atomic E-state index is 0.0866. The standard InChI is InChI=1S/C15H14O4/c1-10-5-7-12(8-6-10)14(16)11(2)19-15(17)13-4-3-9-18-13/h3-9,11H,1-2H3/t11-/m0/s1. The second kappa shape index (κ2) is 5.52. The molecule has 0 saturated heterocycles. The molecule has 4 heteroatoms. The first-order chi connectivity index (χ1) is 9.08. The fourth-order valence-electron chi connectivity index (χ4n) is 1.62. The molecule has 1 aromatic carbocycles. The summed E-state index contributed by atoms with van der Waals surface area (Å²) in [6.07, 6.45) is 0.531. The van der Waals surface area contributed by atoms with E-state index in [-0.39, 0.29) is 11.5 Å². The van der Waals surface area contributed by atoms with Gasteiger partial charge in [0.25, 0.3) is 0 Å². The van der Waals surface area contributed by atoms with Crippen molar-refractivity contribution < 1.29 is 18.7 Å². The molecule has 1 atom stereocenters. The predicted octanol–water partition coefficient (Wildman–Crippen LogP) is 3.02. The summed E-state index contributed by atoms with van der Waals surface area (Å²) in [5, 5.41) is 0.